The first-order valence-electron chi connectivity index (χ1n) is 11.6. The van der Waals surface area contributed by atoms with Gasteiger partial charge in [0.15, 0.2) is 6.10 Å². The predicted octanol–water partition coefficient (Wildman–Crippen LogP) is 3.50. The third-order valence-electron chi connectivity index (χ3n) is 9.30. The number of oxime groups is 2. The van der Waals surface area contributed by atoms with Gasteiger partial charge in [-0.15, -0.1) is 0 Å². The van der Waals surface area contributed by atoms with E-state index in [-0.39, 0.29) is 22.9 Å². The Hall–Kier alpha value is -1.50. The molecule has 166 valence electrons. The summed E-state index contributed by atoms with van der Waals surface area (Å²) < 4.78 is 15.4. The molecule has 5 rings (SSSR count). The Morgan fingerprint density at radius 1 is 1.10 bits per heavy atom. The first-order valence-corrected chi connectivity index (χ1v) is 11.6. The molecule has 0 amide bonds. The first-order chi connectivity index (χ1) is 14.4. The predicted molar refractivity (Wildman–Crippen MR) is 112 cm³/mol. The molecule has 0 aromatic carbocycles. The quantitative estimate of drug-likeness (QED) is 0.711. The number of rotatable bonds is 3. The van der Waals surface area contributed by atoms with E-state index in [0.717, 1.165) is 44.5 Å². The average Bonchev–Trinajstić information content (AvgIpc) is 2.97. The Balaban J connectivity index is 1.45. The number of fused-ring (bicyclic) bond motifs is 5. The van der Waals surface area contributed by atoms with E-state index < -0.39 is 6.17 Å². The van der Waals surface area contributed by atoms with E-state index in [2.05, 4.69) is 29.5 Å². The average molecular weight is 420 g/mol. The molecular weight excluding hydrogens is 385 g/mol. The number of nitrogens with one attached hydrogen (secondary N) is 1. The minimum absolute atomic E-state index is 0.0526. The van der Waals surface area contributed by atoms with Crippen molar-refractivity contribution in [2.24, 2.45) is 44.8 Å². The van der Waals surface area contributed by atoms with Gasteiger partial charge in [-0.2, -0.15) is 0 Å². The number of carbonyl (C=O) groups is 1. The molecule has 4 aliphatic carbocycles. The van der Waals surface area contributed by atoms with E-state index in [1.54, 1.807) is 7.11 Å². The normalized spacial score (nSPS) is 48.7. The minimum atomic E-state index is -1.08. The van der Waals surface area contributed by atoms with Crippen molar-refractivity contribution < 1.29 is 18.9 Å². The van der Waals surface area contributed by atoms with E-state index in [4.69, 9.17) is 9.68 Å². The van der Waals surface area contributed by atoms with Crippen LogP contribution in [0.15, 0.2) is 10.3 Å². The third kappa shape index (κ3) is 2.94. The summed E-state index contributed by atoms with van der Waals surface area (Å²) in [4.78, 5) is 23.5. The highest BCUT2D eigenvalue weighted by Crippen LogP contribution is 2.64. The molecule has 5 fully saturated rings. The van der Waals surface area contributed by atoms with Crippen LogP contribution < -0.4 is 5.32 Å². The van der Waals surface area contributed by atoms with Crippen molar-refractivity contribution in [1.82, 2.24) is 5.32 Å². The molecule has 1 N–H and O–H groups in total. The molecule has 4 saturated carbocycles. The van der Waals surface area contributed by atoms with Crippen molar-refractivity contribution in [1.29, 1.82) is 0 Å². The highest BCUT2D eigenvalue weighted by atomic mass is 19.1. The molecule has 1 unspecified atom stereocenters. The van der Waals surface area contributed by atoms with Crippen molar-refractivity contribution in [2.75, 3.05) is 20.2 Å². The maximum atomic E-state index is 15.4. The number of carbonyl (C=O) groups excluding carboxylic acids is 1. The second-order valence-corrected chi connectivity index (χ2v) is 10.7. The number of alkyl halides is 1. The number of nitrogens with zero attached hydrogens (tertiary/aromatic N) is 2. The Kier molecular flexibility index (Phi) is 4.95. The number of hydrogen-bond acceptors (Lipinski definition) is 6. The molecule has 7 atom stereocenters. The van der Waals surface area contributed by atoms with E-state index in [1.807, 2.05) is 0 Å². The van der Waals surface area contributed by atoms with E-state index in [0.29, 0.717) is 48.5 Å². The van der Waals surface area contributed by atoms with Crippen LogP contribution >= 0.6 is 0 Å². The van der Waals surface area contributed by atoms with Crippen molar-refractivity contribution in [3.05, 3.63) is 0 Å². The lowest BCUT2D eigenvalue weighted by molar-refractivity contribution is -0.133. The van der Waals surface area contributed by atoms with Gasteiger partial charge in [0.2, 0.25) is 0 Å². The summed E-state index contributed by atoms with van der Waals surface area (Å²) in [6.45, 7) is 5.96. The highest BCUT2D eigenvalue weighted by Gasteiger charge is 2.62. The SMILES string of the molecule is CO/N=C1\C[C@@H]2[C@H](CC[C@]3(C)C(=O)CC[C@@H]23)[C@@]2(C)C[C@@H](F)/C(=N/OC3CNC3)CC12. The van der Waals surface area contributed by atoms with Crippen LogP contribution in [0.25, 0.3) is 0 Å². The summed E-state index contributed by atoms with van der Waals surface area (Å²) in [5.74, 6) is 1.72. The largest absolute Gasteiger partial charge is 0.399 e. The zero-order valence-electron chi connectivity index (χ0n) is 18.3. The van der Waals surface area contributed by atoms with Crippen molar-refractivity contribution in [3.8, 4) is 0 Å². The molecule has 30 heavy (non-hydrogen) atoms. The van der Waals surface area contributed by atoms with Crippen LogP contribution in [0.3, 0.4) is 0 Å². The summed E-state index contributed by atoms with van der Waals surface area (Å²) in [6.07, 6.45) is 4.41. The fraction of sp³-hybridized carbons (Fsp3) is 0.870. The zero-order chi connectivity index (χ0) is 21.1. The van der Waals surface area contributed by atoms with Crippen molar-refractivity contribution >= 4 is 17.2 Å². The van der Waals surface area contributed by atoms with E-state index in [9.17, 15) is 4.79 Å². The molecule has 0 aromatic rings. The highest BCUT2D eigenvalue weighted by molar-refractivity contribution is 5.98. The summed E-state index contributed by atoms with van der Waals surface area (Å²) in [5.41, 5.74) is 1.14. The summed E-state index contributed by atoms with van der Waals surface area (Å²) in [6, 6.07) is 0. The van der Waals surface area contributed by atoms with Gasteiger partial charge in [0.25, 0.3) is 0 Å². The number of ketones is 1. The van der Waals surface area contributed by atoms with Crippen LogP contribution in [0.1, 0.15) is 58.8 Å². The lowest BCUT2D eigenvalue weighted by Crippen LogP contribution is -2.58. The second kappa shape index (κ2) is 7.28. The maximum Gasteiger partial charge on any atom is 0.152 e. The monoisotopic (exact) mass is 419 g/mol. The van der Waals surface area contributed by atoms with Gasteiger partial charge >= 0.3 is 0 Å². The van der Waals surface area contributed by atoms with Crippen molar-refractivity contribution in [3.63, 3.8) is 0 Å². The molecule has 5 aliphatic rings. The molecule has 1 saturated heterocycles. The van der Waals surface area contributed by atoms with Crippen LogP contribution in [0.2, 0.25) is 0 Å². The third-order valence-corrected chi connectivity index (χ3v) is 9.30. The Labute approximate surface area is 178 Å². The summed E-state index contributed by atoms with van der Waals surface area (Å²) >= 11 is 0. The molecule has 0 spiro atoms. The fourth-order valence-electron chi connectivity index (χ4n) is 7.46. The molecule has 7 heteroatoms. The smallest absolute Gasteiger partial charge is 0.152 e. The van der Waals surface area contributed by atoms with Gasteiger partial charge in [-0.05, 0) is 55.3 Å². The van der Waals surface area contributed by atoms with Crippen molar-refractivity contribution in [2.45, 2.75) is 71.1 Å². The molecule has 6 nitrogen and oxygen atoms in total. The van der Waals surface area contributed by atoms with Gasteiger partial charge in [-0.1, -0.05) is 24.2 Å². The number of Topliss-reactive ketones (excluding diaryl/α,β-unsaturated/α-hetero) is 1. The van der Waals surface area contributed by atoms with Crippen LogP contribution in [-0.2, 0) is 14.5 Å². The lowest BCUT2D eigenvalue weighted by atomic mass is 9.44. The second-order valence-electron chi connectivity index (χ2n) is 10.7. The summed E-state index contributed by atoms with van der Waals surface area (Å²) in [5, 5.41) is 11.8. The fourth-order valence-corrected chi connectivity index (χ4v) is 7.46. The van der Waals surface area contributed by atoms with Crippen LogP contribution in [-0.4, -0.2) is 49.7 Å². The molecular formula is C23H34FN3O3. The Morgan fingerprint density at radius 2 is 1.90 bits per heavy atom. The maximum absolute atomic E-state index is 15.4. The first kappa shape index (κ1) is 20.4. The minimum Gasteiger partial charge on any atom is -0.399 e. The topological polar surface area (TPSA) is 72.3 Å². The van der Waals surface area contributed by atoms with E-state index in [1.165, 1.54) is 0 Å². The van der Waals surface area contributed by atoms with Gasteiger partial charge < -0.3 is 15.0 Å². The van der Waals surface area contributed by atoms with E-state index >= 15 is 4.39 Å². The van der Waals surface area contributed by atoms with Crippen LogP contribution in [0.4, 0.5) is 4.39 Å². The van der Waals surface area contributed by atoms with Gasteiger partial charge in [-0.25, -0.2) is 4.39 Å². The Bertz CT molecular complexity index is 782. The van der Waals surface area contributed by atoms with Gasteiger partial charge in [0.1, 0.15) is 19.1 Å². The molecule has 1 heterocycles. The zero-order valence-corrected chi connectivity index (χ0v) is 18.3. The molecule has 1 aliphatic heterocycles. The van der Waals surface area contributed by atoms with Crippen LogP contribution in [0, 0.1) is 34.5 Å². The molecule has 0 bridgehead atoms. The van der Waals surface area contributed by atoms with Crippen LogP contribution in [0.5, 0.6) is 0 Å². The standard InChI is InChI=1S/C23H34FN3O3/c1-22-7-6-16-14(15(22)4-5-21(22)28)8-19(26-29-3)17-9-20(18(24)10-23(16,17)2)27-30-13-11-25-12-13/h13-18,25H,4-12H2,1-3H3/b26-19+,27-20+/t14-,15-,16-,17?,18+,22-,23+/m0/s1. The van der Waals surface area contributed by atoms with Gasteiger partial charge in [0.05, 0.1) is 11.4 Å². The molecule has 0 radical (unpaired) electrons. The van der Waals surface area contributed by atoms with Gasteiger partial charge in [0, 0.05) is 37.3 Å². The lowest BCUT2D eigenvalue weighted by Gasteiger charge is -2.59. The van der Waals surface area contributed by atoms with Gasteiger partial charge in [-0.3, -0.25) is 4.79 Å². The summed E-state index contributed by atoms with van der Waals surface area (Å²) in [7, 11) is 1.59. The number of halogens is 1. The number of hydrogen-bond donors (Lipinski definition) is 1. The Morgan fingerprint density at radius 3 is 2.60 bits per heavy atom. The molecule has 0 aromatic heterocycles.